The summed E-state index contributed by atoms with van der Waals surface area (Å²) in [5.41, 5.74) is 8.21. The number of hydrogen-bond acceptors (Lipinski definition) is 4. The molecule has 0 radical (unpaired) electrons. The average molecular weight is 257 g/mol. The summed E-state index contributed by atoms with van der Waals surface area (Å²) < 4.78 is 0. The summed E-state index contributed by atoms with van der Waals surface area (Å²) in [6.45, 7) is 2.04. The fourth-order valence-corrected chi connectivity index (χ4v) is 1.68. The van der Waals surface area contributed by atoms with Gasteiger partial charge in [-0.15, -0.1) is 0 Å². The van der Waals surface area contributed by atoms with Crippen molar-refractivity contribution in [2.75, 3.05) is 5.43 Å². The molecule has 0 aromatic heterocycles. The molecule has 0 heterocycles. The summed E-state index contributed by atoms with van der Waals surface area (Å²) >= 11 is 0. The SMILES string of the molecule is CC(NNc1ccc([N+](=O)[O-])cc1)c1ccccc1. The smallest absolute Gasteiger partial charge is 0.269 e. The van der Waals surface area contributed by atoms with Gasteiger partial charge in [-0.1, -0.05) is 30.3 Å². The number of benzene rings is 2. The lowest BCUT2D eigenvalue weighted by atomic mass is 10.1. The molecule has 0 saturated heterocycles. The summed E-state index contributed by atoms with van der Waals surface area (Å²) in [7, 11) is 0. The van der Waals surface area contributed by atoms with Crippen LogP contribution in [-0.4, -0.2) is 4.92 Å². The number of anilines is 1. The number of nitrogens with one attached hydrogen (secondary N) is 2. The Morgan fingerprint density at radius 3 is 2.26 bits per heavy atom. The predicted molar refractivity (Wildman–Crippen MR) is 74.7 cm³/mol. The van der Waals surface area contributed by atoms with Gasteiger partial charge in [-0.3, -0.25) is 10.1 Å². The van der Waals surface area contributed by atoms with Crippen molar-refractivity contribution in [3.63, 3.8) is 0 Å². The van der Waals surface area contributed by atoms with Crippen LogP contribution in [0, 0.1) is 10.1 Å². The second-order valence-electron chi connectivity index (χ2n) is 4.21. The zero-order chi connectivity index (χ0) is 13.7. The molecular weight excluding hydrogens is 242 g/mol. The van der Waals surface area contributed by atoms with E-state index in [0.717, 1.165) is 11.3 Å². The molecule has 2 N–H and O–H groups in total. The molecule has 0 amide bonds. The third kappa shape index (κ3) is 3.53. The maximum Gasteiger partial charge on any atom is 0.269 e. The van der Waals surface area contributed by atoms with E-state index in [1.165, 1.54) is 12.1 Å². The van der Waals surface area contributed by atoms with Gasteiger partial charge in [-0.2, -0.15) is 0 Å². The zero-order valence-electron chi connectivity index (χ0n) is 10.5. The fourth-order valence-electron chi connectivity index (χ4n) is 1.68. The number of nitrogens with zero attached hydrogens (tertiary/aromatic N) is 1. The molecule has 0 aliphatic heterocycles. The summed E-state index contributed by atoms with van der Waals surface area (Å²) in [4.78, 5) is 10.1. The number of hydrogen-bond donors (Lipinski definition) is 2. The highest BCUT2D eigenvalue weighted by Gasteiger charge is 2.05. The Balaban J connectivity index is 1.93. The minimum atomic E-state index is -0.413. The number of hydrazine groups is 1. The van der Waals surface area contributed by atoms with E-state index in [2.05, 4.69) is 10.9 Å². The van der Waals surface area contributed by atoms with Crippen LogP contribution in [0.3, 0.4) is 0 Å². The van der Waals surface area contributed by atoms with Gasteiger partial charge in [0.2, 0.25) is 0 Å². The lowest BCUT2D eigenvalue weighted by Gasteiger charge is -2.15. The number of nitro benzene ring substituents is 1. The molecule has 0 aliphatic rings. The van der Waals surface area contributed by atoms with Crippen LogP contribution in [0.4, 0.5) is 11.4 Å². The van der Waals surface area contributed by atoms with Gasteiger partial charge in [0, 0.05) is 23.9 Å². The van der Waals surface area contributed by atoms with Crippen LogP contribution in [0.5, 0.6) is 0 Å². The fraction of sp³-hybridized carbons (Fsp3) is 0.143. The van der Waals surface area contributed by atoms with Gasteiger partial charge >= 0.3 is 0 Å². The number of nitro groups is 1. The Hall–Kier alpha value is -2.40. The molecule has 2 rings (SSSR count). The van der Waals surface area contributed by atoms with E-state index in [0.29, 0.717) is 0 Å². The molecule has 2 aromatic carbocycles. The van der Waals surface area contributed by atoms with Gasteiger partial charge in [-0.25, -0.2) is 5.43 Å². The Morgan fingerprint density at radius 2 is 1.68 bits per heavy atom. The van der Waals surface area contributed by atoms with Crippen molar-refractivity contribution in [3.8, 4) is 0 Å². The van der Waals surface area contributed by atoms with E-state index in [-0.39, 0.29) is 11.7 Å². The third-order valence-electron chi connectivity index (χ3n) is 2.81. The van der Waals surface area contributed by atoms with E-state index in [4.69, 9.17) is 0 Å². The Labute approximate surface area is 111 Å². The Kier molecular flexibility index (Phi) is 4.10. The lowest BCUT2D eigenvalue weighted by Crippen LogP contribution is -2.25. The average Bonchev–Trinajstić information content (AvgIpc) is 2.46. The predicted octanol–water partition coefficient (Wildman–Crippen LogP) is 3.27. The van der Waals surface area contributed by atoms with Crippen molar-refractivity contribution in [1.82, 2.24) is 5.43 Å². The molecule has 0 spiro atoms. The van der Waals surface area contributed by atoms with E-state index in [1.54, 1.807) is 12.1 Å². The van der Waals surface area contributed by atoms with Gasteiger partial charge < -0.3 is 5.43 Å². The topological polar surface area (TPSA) is 67.2 Å². The van der Waals surface area contributed by atoms with E-state index in [1.807, 2.05) is 37.3 Å². The van der Waals surface area contributed by atoms with Gasteiger partial charge in [0.25, 0.3) is 5.69 Å². The first kappa shape index (κ1) is 13.0. The quantitative estimate of drug-likeness (QED) is 0.637. The first-order valence-corrected chi connectivity index (χ1v) is 5.98. The maximum atomic E-state index is 10.5. The molecule has 0 aliphatic carbocycles. The minimum Gasteiger partial charge on any atom is -0.321 e. The van der Waals surface area contributed by atoms with Crippen molar-refractivity contribution in [2.45, 2.75) is 13.0 Å². The normalized spacial score (nSPS) is 11.8. The van der Waals surface area contributed by atoms with Crippen LogP contribution in [0.1, 0.15) is 18.5 Å². The molecule has 1 atom stereocenters. The highest BCUT2D eigenvalue weighted by Crippen LogP contribution is 2.16. The van der Waals surface area contributed by atoms with Crippen molar-refractivity contribution >= 4 is 11.4 Å². The molecule has 0 fully saturated rings. The second kappa shape index (κ2) is 5.97. The molecule has 19 heavy (non-hydrogen) atoms. The highest BCUT2D eigenvalue weighted by atomic mass is 16.6. The van der Waals surface area contributed by atoms with Gasteiger partial charge in [0.05, 0.1) is 4.92 Å². The molecule has 5 heteroatoms. The van der Waals surface area contributed by atoms with E-state index < -0.39 is 4.92 Å². The zero-order valence-corrected chi connectivity index (χ0v) is 10.5. The molecule has 0 saturated carbocycles. The largest absolute Gasteiger partial charge is 0.321 e. The van der Waals surface area contributed by atoms with Crippen molar-refractivity contribution in [3.05, 3.63) is 70.3 Å². The monoisotopic (exact) mass is 257 g/mol. The van der Waals surface area contributed by atoms with Crippen molar-refractivity contribution < 1.29 is 4.92 Å². The first-order chi connectivity index (χ1) is 9.16. The Morgan fingerprint density at radius 1 is 1.05 bits per heavy atom. The standard InChI is InChI=1S/C14H15N3O2/c1-11(12-5-3-2-4-6-12)15-16-13-7-9-14(10-8-13)17(18)19/h2-11,15-16H,1H3. The van der Waals surface area contributed by atoms with Crippen molar-refractivity contribution in [2.24, 2.45) is 0 Å². The molecule has 5 nitrogen and oxygen atoms in total. The van der Waals surface area contributed by atoms with Gasteiger partial charge in [-0.05, 0) is 24.6 Å². The van der Waals surface area contributed by atoms with Crippen molar-refractivity contribution in [1.29, 1.82) is 0 Å². The van der Waals surface area contributed by atoms with E-state index >= 15 is 0 Å². The molecular formula is C14H15N3O2. The van der Waals surface area contributed by atoms with Crippen LogP contribution in [0.2, 0.25) is 0 Å². The van der Waals surface area contributed by atoms with Crippen LogP contribution >= 0.6 is 0 Å². The molecule has 0 bridgehead atoms. The van der Waals surface area contributed by atoms with Crippen LogP contribution in [0.25, 0.3) is 0 Å². The summed E-state index contributed by atoms with van der Waals surface area (Å²) in [6.07, 6.45) is 0. The molecule has 2 aromatic rings. The van der Waals surface area contributed by atoms with Crippen LogP contribution < -0.4 is 10.9 Å². The van der Waals surface area contributed by atoms with Crippen LogP contribution in [0.15, 0.2) is 54.6 Å². The first-order valence-electron chi connectivity index (χ1n) is 5.98. The summed E-state index contributed by atoms with van der Waals surface area (Å²) in [5.74, 6) is 0. The minimum absolute atomic E-state index is 0.0849. The van der Waals surface area contributed by atoms with Crippen LogP contribution in [-0.2, 0) is 0 Å². The molecule has 1 unspecified atom stereocenters. The Bertz CT molecular complexity index is 540. The number of rotatable bonds is 5. The van der Waals surface area contributed by atoms with Gasteiger partial charge in [0.1, 0.15) is 0 Å². The second-order valence-corrected chi connectivity index (χ2v) is 4.21. The number of non-ortho nitro benzene ring substituents is 1. The molecule has 98 valence electrons. The van der Waals surface area contributed by atoms with E-state index in [9.17, 15) is 10.1 Å². The highest BCUT2D eigenvalue weighted by molar-refractivity contribution is 5.47. The summed E-state index contributed by atoms with van der Waals surface area (Å²) in [5, 5.41) is 10.5. The lowest BCUT2D eigenvalue weighted by molar-refractivity contribution is -0.384. The summed E-state index contributed by atoms with van der Waals surface area (Å²) in [6, 6.07) is 16.4. The van der Waals surface area contributed by atoms with Gasteiger partial charge in [0.15, 0.2) is 0 Å². The maximum absolute atomic E-state index is 10.5. The third-order valence-corrected chi connectivity index (χ3v) is 2.81.